The third-order valence-electron chi connectivity index (χ3n) is 3.38. The van der Waals surface area contributed by atoms with Crippen molar-refractivity contribution in [1.82, 2.24) is 10.2 Å². The molecule has 0 heterocycles. The summed E-state index contributed by atoms with van der Waals surface area (Å²) in [6, 6.07) is 6.42. The van der Waals surface area contributed by atoms with Gasteiger partial charge in [0.1, 0.15) is 0 Å². The smallest absolute Gasteiger partial charge is 0.0465 e. The highest BCUT2D eigenvalue weighted by Gasteiger charge is 2.13. The zero-order valence-corrected chi connectivity index (χ0v) is 14.4. The molecule has 1 rings (SSSR count). The molecule has 0 aromatic heterocycles. The summed E-state index contributed by atoms with van der Waals surface area (Å²) in [6.07, 6.45) is 3.58. The third-order valence-corrected chi connectivity index (χ3v) is 4.20. The van der Waals surface area contributed by atoms with Crippen molar-refractivity contribution in [3.63, 3.8) is 0 Å². The number of rotatable bonds is 8. The summed E-state index contributed by atoms with van der Waals surface area (Å²) in [5, 5.41) is 4.19. The van der Waals surface area contributed by atoms with Gasteiger partial charge in [0.15, 0.2) is 0 Å². The van der Waals surface area contributed by atoms with E-state index in [9.17, 15) is 0 Å². The molecule has 19 heavy (non-hydrogen) atoms. The summed E-state index contributed by atoms with van der Waals surface area (Å²) >= 11 is 9.76. The third kappa shape index (κ3) is 5.82. The Morgan fingerprint density at radius 2 is 2.11 bits per heavy atom. The van der Waals surface area contributed by atoms with Gasteiger partial charge in [-0.2, -0.15) is 0 Å². The van der Waals surface area contributed by atoms with E-state index in [2.05, 4.69) is 46.2 Å². The van der Waals surface area contributed by atoms with Crippen LogP contribution in [0.2, 0.25) is 5.02 Å². The van der Waals surface area contributed by atoms with E-state index in [4.69, 9.17) is 11.6 Å². The Hall–Kier alpha value is -0.0900. The van der Waals surface area contributed by atoms with Crippen molar-refractivity contribution in [3.8, 4) is 0 Å². The first-order chi connectivity index (χ1) is 9.08. The van der Waals surface area contributed by atoms with Gasteiger partial charge in [0, 0.05) is 15.5 Å². The van der Waals surface area contributed by atoms with Crippen LogP contribution >= 0.6 is 27.5 Å². The fraction of sp³-hybridized carbons (Fsp3) is 0.600. The van der Waals surface area contributed by atoms with Crippen LogP contribution in [0.15, 0.2) is 22.7 Å². The molecule has 108 valence electrons. The van der Waals surface area contributed by atoms with Crippen LogP contribution in [0, 0.1) is 0 Å². The van der Waals surface area contributed by atoms with Gasteiger partial charge >= 0.3 is 0 Å². The van der Waals surface area contributed by atoms with Gasteiger partial charge < -0.3 is 10.2 Å². The highest BCUT2D eigenvalue weighted by atomic mass is 79.9. The molecule has 0 bridgehead atoms. The van der Waals surface area contributed by atoms with E-state index in [0.29, 0.717) is 6.04 Å². The minimum Gasteiger partial charge on any atom is -0.313 e. The predicted molar refractivity (Wildman–Crippen MR) is 88.0 cm³/mol. The molecule has 0 fully saturated rings. The number of halogens is 2. The first-order valence-corrected chi connectivity index (χ1v) is 8.06. The summed E-state index contributed by atoms with van der Waals surface area (Å²) in [4.78, 5) is 2.39. The minimum absolute atomic E-state index is 0.310. The zero-order valence-electron chi connectivity index (χ0n) is 12.0. The molecule has 1 N–H and O–H groups in total. The maximum atomic E-state index is 6.32. The number of nitrogens with one attached hydrogen (secondary N) is 1. The van der Waals surface area contributed by atoms with E-state index in [0.717, 1.165) is 22.5 Å². The van der Waals surface area contributed by atoms with E-state index in [1.165, 1.54) is 24.9 Å². The molecule has 1 aromatic rings. The number of hydrogen-bond donors (Lipinski definition) is 1. The highest BCUT2D eigenvalue weighted by Crippen LogP contribution is 2.28. The largest absolute Gasteiger partial charge is 0.313 e. The van der Waals surface area contributed by atoms with Gasteiger partial charge in [-0.3, -0.25) is 0 Å². The van der Waals surface area contributed by atoms with Crippen molar-refractivity contribution in [1.29, 1.82) is 0 Å². The summed E-state index contributed by atoms with van der Waals surface area (Å²) in [6.45, 7) is 4.48. The molecular weight excluding hydrogens is 324 g/mol. The Labute approximate surface area is 130 Å². The van der Waals surface area contributed by atoms with E-state index < -0.39 is 0 Å². The number of benzene rings is 1. The Morgan fingerprint density at radius 1 is 1.37 bits per heavy atom. The van der Waals surface area contributed by atoms with Gasteiger partial charge in [0.2, 0.25) is 0 Å². The molecule has 0 aliphatic heterocycles. The molecule has 0 aliphatic rings. The number of hydrogen-bond acceptors (Lipinski definition) is 2. The Bertz CT molecular complexity index is 384. The van der Waals surface area contributed by atoms with Crippen molar-refractivity contribution in [2.45, 2.75) is 32.2 Å². The zero-order chi connectivity index (χ0) is 14.3. The Kier molecular flexibility index (Phi) is 8.00. The minimum atomic E-state index is 0.310. The second-order valence-corrected chi connectivity index (χ2v) is 6.28. The van der Waals surface area contributed by atoms with E-state index >= 15 is 0 Å². The summed E-state index contributed by atoms with van der Waals surface area (Å²) < 4.78 is 1.02. The first kappa shape index (κ1) is 17.0. The lowest BCUT2D eigenvalue weighted by Gasteiger charge is -2.22. The summed E-state index contributed by atoms with van der Waals surface area (Å²) in [7, 11) is 4.18. The molecule has 0 spiro atoms. The fourth-order valence-corrected chi connectivity index (χ4v) is 2.93. The maximum Gasteiger partial charge on any atom is 0.0465 e. The molecule has 1 atom stereocenters. The second-order valence-electron chi connectivity index (χ2n) is 4.95. The standard InChI is InChI=1S/C15H24BrClN2/c1-4-5-9-19(3)10-8-15(18-2)13-7-6-12(16)11-14(13)17/h6-7,11,15,18H,4-5,8-10H2,1-3H3. The molecule has 0 radical (unpaired) electrons. The predicted octanol–water partition coefficient (Wildman–Crippen LogP) is 4.49. The van der Waals surface area contributed by atoms with Crippen LogP contribution in [0.1, 0.15) is 37.8 Å². The van der Waals surface area contributed by atoms with Crippen molar-refractivity contribution in [2.24, 2.45) is 0 Å². The van der Waals surface area contributed by atoms with Gasteiger partial charge in [0.05, 0.1) is 0 Å². The molecule has 2 nitrogen and oxygen atoms in total. The van der Waals surface area contributed by atoms with Crippen molar-refractivity contribution >= 4 is 27.5 Å². The lowest BCUT2D eigenvalue weighted by molar-refractivity contribution is 0.306. The van der Waals surface area contributed by atoms with Gasteiger partial charge in [0.25, 0.3) is 0 Å². The van der Waals surface area contributed by atoms with Gasteiger partial charge in [-0.15, -0.1) is 0 Å². The van der Waals surface area contributed by atoms with E-state index in [1.807, 2.05) is 19.2 Å². The van der Waals surface area contributed by atoms with Crippen LogP contribution in [0.4, 0.5) is 0 Å². The quantitative estimate of drug-likeness (QED) is 0.745. The van der Waals surface area contributed by atoms with Crippen LogP contribution in [-0.4, -0.2) is 32.1 Å². The molecule has 0 saturated heterocycles. The lowest BCUT2D eigenvalue weighted by Crippen LogP contribution is -2.26. The van der Waals surface area contributed by atoms with Crippen LogP contribution in [-0.2, 0) is 0 Å². The molecule has 4 heteroatoms. The topological polar surface area (TPSA) is 15.3 Å². The Morgan fingerprint density at radius 3 is 2.68 bits per heavy atom. The summed E-state index contributed by atoms with van der Waals surface area (Å²) in [5.74, 6) is 0. The van der Waals surface area contributed by atoms with Crippen molar-refractivity contribution < 1.29 is 0 Å². The van der Waals surface area contributed by atoms with Crippen LogP contribution in [0.5, 0.6) is 0 Å². The van der Waals surface area contributed by atoms with Gasteiger partial charge in [-0.05, 0) is 57.7 Å². The average molecular weight is 348 g/mol. The lowest BCUT2D eigenvalue weighted by atomic mass is 10.0. The van der Waals surface area contributed by atoms with E-state index in [1.54, 1.807) is 0 Å². The molecule has 0 aliphatic carbocycles. The van der Waals surface area contributed by atoms with Crippen molar-refractivity contribution in [2.75, 3.05) is 27.2 Å². The first-order valence-electron chi connectivity index (χ1n) is 6.89. The maximum absolute atomic E-state index is 6.32. The fourth-order valence-electron chi connectivity index (χ4n) is 2.13. The SMILES string of the molecule is CCCCN(C)CCC(NC)c1ccc(Br)cc1Cl. The molecule has 0 amide bonds. The highest BCUT2D eigenvalue weighted by molar-refractivity contribution is 9.10. The van der Waals surface area contributed by atoms with Crippen LogP contribution < -0.4 is 5.32 Å². The number of unbranched alkanes of at least 4 members (excludes halogenated alkanes) is 1. The second kappa shape index (κ2) is 8.96. The number of nitrogens with zero attached hydrogens (tertiary/aromatic N) is 1. The van der Waals surface area contributed by atoms with Gasteiger partial charge in [-0.25, -0.2) is 0 Å². The van der Waals surface area contributed by atoms with Crippen molar-refractivity contribution in [3.05, 3.63) is 33.3 Å². The van der Waals surface area contributed by atoms with Crippen LogP contribution in [0.3, 0.4) is 0 Å². The van der Waals surface area contributed by atoms with E-state index in [-0.39, 0.29) is 0 Å². The molecular formula is C15H24BrClN2. The monoisotopic (exact) mass is 346 g/mol. The molecule has 0 saturated carbocycles. The van der Waals surface area contributed by atoms with Gasteiger partial charge in [-0.1, -0.05) is 46.9 Å². The Balaban J connectivity index is 2.58. The van der Waals surface area contributed by atoms with Crippen LogP contribution in [0.25, 0.3) is 0 Å². The molecule has 1 aromatic carbocycles. The average Bonchev–Trinajstić information content (AvgIpc) is 2.38. The summed E-state index contributed by atoms with van der Waals surface area (Å²) in [5.41, 5.74) is 1.18. The molecule has 1 unspecified atom stereocenters. The normalized spacial score (nSPS) is 12.9.